The van der Waals surface area contributed by atoms with Gasteiger partial charge >= 0.3 is 0 Å². The van der Waals surface area contributed by atoms with Crippen LogP contribution in [-0.2, 0) is 0 Å². The van der Waals surface area contributed by atoms with Gasteiger partial charge in [-0.2, -0.15) is 5.10 Å². The van der Waals surface area contributed by atoms with Crippen LogP contribution in [0.15, 0.2) is 53.6 Å². The van der Waals surface area contributed by atoms with Crippen LogP contribution in [0.5, 0.6) is 11.5 Å². The van der Waals surface area contributed by atoms with Crippen LogP contribution in [-0.4, -0.2) is 21.0 Å². The highest BCUT2D eigenvalue weighted by Crippen LogP contribution is 2.22. The van der Waals surface area contributed by atoms with E-state index in [2.05, 4.69) is 15.8 Å². The van der Waals surface area contributed by atoms with E-state index in [0.717, 1.165) is 5.69 Å². The van der Waals surface area contributed by atoms with Gasteiger partial charge in [-0.1, -0.05) is 18.2 Å². The van der Waals surface area contributed by atoms with E-state index in [1.54, 1.807) is 6.92 Å². The number of phenolic OH excluding ortho intramolecular Hbond substituents is 2. The number of anilines is 1. The zero-order valence-electron chi connectivity index (χ0n) is 11.4. The average molecular weight is 301 g/mol. The molecule has 2 aromatic carbocycles. The fourth-order valence-electron chi connectivity index (χ4n) is 1.69. The number of thiocarbonyl (C=S) groups is 1. The number of hydrazone groups is 1. The van der Waals surface area contributed by atoms with E-state index in [0.29, 0.717) is 16.4 Å². The second-order valence-electron chi connectivity index (χ2n) is 4.33. The summed E-state index contributed by atoms with van der Waals surface area (Å²) in [5, 5.41) is 26.6. The molecule has 2 rings (SSSR count). The van der Waals surface area contributed by atoms with Crippen molar-refractivity contribution in [2.24, 2.45) is 5.10 Å². The van der Waals surface area contributed by atoms with Crippen molar-refractivity contribution < 1.29 is 10.2 Å². The maximum atomic E-state index is 9.74. The maximum Gasteiger partial charge on any atom is 0.191 e. The van der Waals surface area contributed by atoms with E-state index in [1.807, 2.05) is 30.3 Å². The van der Waals surface area contributed by atoms with Gasteiger partial charge in [0.15, 0.2) is 5.11 Å². The predicted molar refractivity (Wildman–Crippen MR) is 87.8 cm³/mol. The standard InChI is InChI=1S/C15H15N3O2S/c1-10(13-9-12(19)7-8-14(13)20)17-18-15(21)16-11-5-3-2-4-6-11/h2-9,19-20H,1H3,(H2,16,18,21)/b17-10-. The third-order valence-electron chi connectivity index (χ3n) is 2.73. The molecule has 21 heavy (non-hydrogen) atoms. The molecule has 5 nitrogen and oxygen atoms in total. The summed E-state index contributed by atoms with van der Waals surface area (Å²) in [6.45, 7) is 1.70. The molecule has 2 aromatic rings. The Hall–Kier alpha value is -2.60. The van der Waals surface area contributed by atoms with Crippen molar-refractivity contribution in [3.63, 3.8) is 0 Å². The van der Waals surface area contributed by atoms with Crippen molar-refractivity contribution in [2.75, 3.05) is 5.32 Å². The number of aromatic hydroxyl groups is 2. The number of nitrogens with one attached hydrogen (secondary N) is 2. The van der Waals surface area contributed by atoms with Gasteiger partial charge in [-0.05, 0) is 49.5 Å². The first-order chi connectivity index (χ1) is 10.1. The lowest BCUT2D eigenvalue weighted by Gasteiger charge is -2.08. The Morgan fingerprint density at radius 1 is 1.10 bits per heavy atom. The van der Waals surface area contributed by atoms with Gasteiger partial charge < -0.3 is 15.5 Å². The predicted octanol–water partition coefficient (Wildman–Crippen LogP) is 2.81. The van der Waals surface area contributed by atoms with E-state index < -0.39 is 0 Å². The lowest BCUT2D eigenvalue weighted by Crippen LogP contribution is -2.24. The molecule has 0 radical (unpaired) electrons. The van der Waals surface area contributed by atoms with Gasteiger partial charge in [0.1, 0.15) is 11.5 Å². The van der Waals surface area contributed by atoms with Gasteiger partial charge in [0, 0.05) is 11.3 Å². The highest BCUT2D eigenvalue weighted by Gasteiger charge is 2.06. The van der Waals surface area contributed by atoms with Crippen LogP contribution in [0.1, 0.15) is 12.5 Å². The molecular weight excluding hydrogens is 286 g/mol. The summed E-state index contributed by atoms with van der Waals surface area (Å²) in [5.74, 6) is 0.0973. The van der Waals surface area contributed by atoms with Gasteiger partial charge in [-0.25, -0.2) is 0 Å². The Labute approximate surface area is 127 Å². The zero-order chi connectivity index (χ0) is 15.2. The molecule has 0 aliphatic carbocycles. The normalized spacial score (nSPS) is 11.0. The summed E-state index contributed by atoms with van der Waals surface area (Å²) in [5.41, 5.74) is 4.48. The van der Waals surface area contributed by atoms with Crippen LogP contribution in [0.25, 0.3) is 0 Å². The minimum atomic E-state index is 0.0396. The molecular formula is C15H15N3O2S. The van der Waals surface area contributed by atoms with Gasteiger partial charge in [0.2, 0.25) is 0 Å². The molecule has 0 aliphatic rings. The molecule has 0 spiro atoms. The van der Waals surface area contributed by atoms with Crippen LogP contribution in [0.3, 0.4) is 0 Å². The van der Waals surface area contributed by atoms with Crippen LogP contribution >= 0.6 is 12.2 Å². The average Bonchev–Trinajstić information content (AvgIpc) is 2.48. The summed E-state index contributed by atoms with van der Waals surface area (Å²) in [7, 11) is 0. The van der Waals surface area contributed by atoms with Crippen molar-refractivity contribution in [1.29, 1.82) is 0 Å². The van der Waals surface area contributed by atoms with Crippen LogP contribution < -0.4 is 10.7 Å². The number of para-hydroxylation sites is 1. The van der Waals surface area contributed by atoms with E-state index in [9.17, 15) is 10.2 Å². The Morgan fingerprint density at radius 3 is 2.52 bits per heavy atom. The minimum absolute atomic E-state index is 0.0396. The third-order valence-corrected chi connectivity index (χ3v) is 2.92. The maximum absolute atomic E-state index is 9.74. The summed E-state index contributed by atoms with van der Waals surface area (Å²) in [6.07, 6.45) is 0. The first-order valence-electron chi connectivity index (χ1n) is 6.25. The molecule has 0 unspecified atom stereocenters. The van der Waals surface area contributed by atoms with Crippen molar-refractivity contribution in [2.45, 2.75) is 6.92 Å². The molecule has 0 atom stereocenters. The van der Waals surface area contributed by atoms with Gasteiger partial charge in [0.25, 0.3) is 0 Å². The van der Waals surface area contributed by atoms with E-state index in [-0.39, 0.29) is 11.5 Å². The number of benzene rings is 2. The summed E-state index contributed by atoms with van der Waals surface area (Å²) >= 11 is 5.12. The Morgan fingerprint density at radius 2 is 1.81 bits per heavy atom. The first-order valence-corrected chi connectivity index (χ1v) is 6.66. The molecule has 4 N–H and O–H groups in total. The molecule has 0 heterocycles. The Balaban J connectivity index is 2.03. The molecule has 0 amide bonds. The minimum Gasteiger partial charge on any atom is -0.508 e. The quantitative estimate of drug-likeness (QED) is 0.303. The van der Waals surface area contributed by atoms with E-state index in [4.69, 9.17) is 12.2 Å². The molecule has 0 bridgehead atoms. The Bertz CT molecular complexity index is 672. The van der Waals surface area contributed by atoms with Crippen molar-refractivity contribution in [3.05, 3.63) is 54.1 Å². The topological polar surface area (TPSA) is 76.9 Å². The Kier molecular flexibility index (Phi) is 4.73. The summed E-state index contributed by atoms with van der Waals surface area (Å²) < 4.78 is 0. The molecule has 0 aliphatic heterocycles. The van der Waals surface area contributed by atoms with Gasteiger partial charge in [-0.3, -0.25) is 5.43 Å². The fraction of sp³-hybridized carbons (Fsp3) is 0.0667. The van der Waals surface area contributed by atoms with E-state index in [1.165, 1.54) is 18.2 Å². The van der Waals surface area contributed by atoms with Crippen LogP contribution in [0.4, 0.5) is 5.69 Å². The van der Waals surface area contributed by atoms with Crippen molar-refractivity contribution in [3.8, 4) is 11.5 Å². The summed E-state index contributed by atoms with van der Waals surface area (Å²) in [4.78, 5) is 0. The smallest absolute Gasteiger partial charge is 0.191 e. The van der Waals surface area contributed by atoms with E-state index >= 15 is 0 Å². The van der Waals surface area contributed by atoms with Gasteiger partial charge in [-0.15, -0.1) is 0 Å². The number of rotatable bonds is 3. The third kappa shape index (κ3) is 4.19. The monoisotopic (exact) mass is 301 g/mol. The molecule has 6 heteroatoms. The van der Waals surface area contributed by atoms with Crippen LogP contribution in [0.2, 0.25) is 0 Å². The molecule has 0 saturated heterocycles. The SMILES string of the molecule is C/C(=N/NC(=S)Nc1ccccc1)c1cc(O)ccc1O. The molecule has 0 fully saturated rings. The van der Waals surface area contributed by atoms with Crippen LogP contribution in [0, 0.1) is 0 Å². The zero-order valence-corrected chi connectivity index (χ0v) is 12.2. The number of nitrogens with zero attached hydrogens (tertiary/aromatic N) is 1. The molecule has 0 saturated carbocycles. The van der Waals surface area contributed by atoms with Gasteiger partial charge in [0.05, 0.1) is 5.71 Å². The number of phenols is 2. The molecule has 0 aromatic heterocycles. The second-order valence-corrected chi connectivity index (χ2v) is 4.74. The summed E-state index contributed by atoms with van der Waals surface area (Å²) in [6, 6.07) is 13.7. The number of hydrogen-bond acceptors (Lipinski definition) is 4. The first kappa shape index (κ1) is 14.8. The molecule has 108 valence electrons. The highest BCUT2D eigenvalue weighted by atomic mass is 32.1. The highest BCUT2D eigenvalue weighted by molar-refractivity contribution is 7.80. The lowest BCUT2D eigenvalue weighted by atomic mass is 10.1. The number of hydrogen-bond donors (Lipinski definition) is 4. The fourth-order valence-corrected chi connectivity index (χ4v) is 1.85. The van der Waals surface area contributed by atoms with Crippen molar-refractivity contribution in [1.82, 2.24) is 5.43 Å². The lowest BCUT2D eigenvalue weighted by molar-refractivity contribution is 0.459. The second kappa shape index (κ2) is 6.71. The largest absolute Gasteiger partial charge is 0.508 e. The van der Waals surface area contributed by atoms with Crippen molar-refractivity contribution >= 4 is 28.7 Å².